The van der Waals surface area contributed by atoms with Gasteiger partial charge in [-0.3, -0.25) is 9.59 Å². The SMILES string of the molecule is Cc1ccc(OC[C@@H](C)NC(=O)[C@H]2CCCN(C(=O)C3CC3)C2)cc1. The van der Waals surface area contributed by atoms with Crippen molar-refractivity contribution in [1.29, 1.82) is 0 Å². The molecule has 3 rings (SSSR count). The summed E-state index contributed by atoms with van der Waals surface area (Å²) in [6, 6.07) is 7.82. The minimum absolute atomic E-state index is 0.0355. The van der Waals surface area contributed by atoms with Crippen LogP contribution in [0, 0.1) is 18.8 Å². The summed E-state index contributed by atoms with van der Waals surface area (Å²) in [4.78, 5) is 26.6. The monoisotopic (exact) mass is 344 g/mol. The number of hydrogen-bond donors (Lipinski definition) is 1. The van der Waals surface area contributed by atoms with Crippen LogP contribution in [0.25, 0.3) is 0 Å². The second kappa shape index (κ2) is 7.89. The molecule has 0 unspecified atom stereocenters. The molecule has 0 spiro atoms. The smallest absolute Gasteiger partial charge is 0.225 e. The van der Waals surface area contributed by atoms with Gasteiger partial charge in [-0.15, -0.1) is 0 Å². The summed E-state index contributed by atoms with van der Waals surface area (Å²) in [6.45, 7) is 5.78. The lowest BCUT2D eigenvalue weighted by Crippen LogP contribution is -2.48. The molecule has 2 fully saturated rings. The summed E-state index contributed by atoms with van der Waals surface area (Å²) in [5.74, 6) is 1.22. The number of aryl methyl sites for hydroxylation is 1. The van der Waals surface area contributed by atoms with Gasteiger partial charge in [0, 0.05) is 19.0 Å². The molecule has 1 aliphatic carbocycles. The summed E-state index contributed by atoms with van der Waals surface area (Å²) in [5.41, 5.74) is 1.19. The highest BCUT2D eigenvalue weighted by atomic mass is 16.5. The van der Waals surface area contributed by atoms with Gasteiger partial charge in [-0.2, -0.15) is 0 Å². The van der Waals surface area contributed by atoms with Crippen LogP contribution in [0.1, 0.15) is 38.2 Å². The van der Waals surface area contributed by atoms with Crippen LogP contribution in [0.4, 0.5) is 0 Å². The molecule has 2 atom stereocenters. The van der Waals surface area contributed by atoms with E-state index in [9.17, 15) is 9.59 Å². The quantitative estimate of drug-likeness (QED) is 0.863. The van der Waals surface area contributed by atoms with Gasteiger partial charge in [0.15, 0.2) is 0 Å². The number of carbonyl (C=O) groups is 2. The molecule has 2 amide bonds. The molecule has 136 valence electrons. The lowest BCUT2D eigenvalue weighted by atomic mass is 9.96. The fourth-order valence-corrected chi connectivity index (χ4v) is 3.24. The molecule has 1 aromatic carbocycles. The molecule has 1 aliphatic heterocycles. The third-order valence-electron chi connectivity index (χ3n) is 4.94. The number of piperidine rings is 1. The summed E-state index contributed by atoms with van der Waals surface area (Å²) in [7, 11) is 0. The summed E-state index contributed by atoms with van der Waals surface area (Å²) in [5, 5.41) is 3.03. The Morgan fingerprint density at radius 1 is 1.20 bits per heavy atom. The predicted molar refractivity (Wildman–Crippen MR) is 96.3 cm³/mol. The maximum absolute atomic E-state index is 12.5. The Kier molecular flexibility index (Phi) is 5.61. The van der Waals surface area contributed by atoms with Crippen LogP contribution in [0.15, 0.2) is 24.3 Å². The first-order chi connectivity index (χ1) is 12.0. The highest BCUT2D eigenvalue weighted by Gasteiger charge is 2.36. The molecule has 1 saturated heterocycles. The van der Waals surface area contributed by atoms with E-state index in [0.717, 1.165) is 38.0 Å². The first-order valence-corrected chi connectivity index (χ1v) is 9.31. The molecule has 2 aliphatic rings. The molecule has 0 aromatic heterocycles. The third kappa shape index (κ3) is 4.97. The normalized spacial score (nSPS) is 21.5. The van der Waals surface area contributed by atoms with E-state index in [-0.39, 0.29) is 29.7 Å². The minimum Gasteiger partial charge on any atom is -0.491 e. The van der Waals surface area contributed by atoms with E-state index in [1.165, 1.54) is 5.56 Å². The van der Waals surface area contributed by atoms with Crippen molar-refractivity contribution in [3.63, 3.8) is 0 Å². The van der Waals surface area contributed by atoms with Crippen LogP contribution < -0.4 is 10.1 Å². The molecule has 1 heterocycles. The van der Waals surface area contributed by atoms with E-state index in [1.807, 2.05) is 43.0 Å². The number of benzene rings is 1. The average molecular weight is 344 g/mol. The molecule has 25 heavy (non-hydrogen) atoms. The summed E-state index contributed by atoms with van der Waals surface area (Å²) < 4.78 is 5.73. The lowest BCUT2D eigenvalue weighted by Gasteiger charge is -2.32. The van der Waals surface area contributed by atoms with Crippen molar-refractivity contribution in [3.05, 3.63) is 29.8 Å². The van der Waals surface area contributed by atoms with Crippen molar-refractivity contribution in [1.82, 2.24) is 10.2 Å². The Hall–Kier alpha value is -2.04. The topological polar surface area (TPSA) is 58.6 Å². The molecular weight excluding hydrogens is 316 g/mol. The fraction of sp³-hybridized carbons (Fsp3) is 0.600. The summed E-state index contributed by atoms with van der Waals surface area (Å²) >= 11 is 0. The molecular formula is C20H28N2O3. The highest BCUT2D eigenvalue weighted by molar-refractivity contribution is 5.83. The Bertz CT molecular complexity index is 610. The Labute approximate surface area is 149 Å². The number of nitrogens with zero attached hydrogens (tertiary/aromatic N) is 1. The standard InChI is InChI=1S/C20H28N2O3/c1-14-5-9-18(10-6-14)25-13-15(2)21-19(23)17-4-3-11-22(12-17)20(24)16-7-8-16/h5-6,9-10,15-17H,3-4,7-8,11-13H2,1-2H3,(H,21,23)/t15-,17+/m1/s1. The fourth-order valence-electron chi connectivity index (χ4n) is 3.24. The van der Waals surface area contributed by atoms with Gasteiger partial charge in [-0.1, -0.05) is 17.7 Å². The second-order valence-corrected chi connectivity index (χ2v) is 7.43. The first kappa shape index (κ1) is 17.8. The predicted octanol–water partition coefficient (Wildman–Crippen LogP) is 2.53. The van der Waals surface area contributed by atoms with Gasteiger partial charge in [0.05, 0.1) is 12.0 Å². The van der Waals surface area contributed by atoms with Crippen molar-refractivity contribution < 1.29 is 14.3 Å². The van der Waals surface area contributed by atoms with Crippen LogP contribution in [0.5, 0.6) is 5.75 Å². The number of rotatable bonds is 6. The number of likely N-dealkylation sites (tertiary alicyclic amines) is 1. The van der Waals surface area contributed by atoms with Crippen molar-refractivity contribution in [2.24, 2.45) is 11.8 Å². The third-order valence-corrected chi connectivity index (χ3v) is 4.94. The van der Waals surface area contributed by atoms with Crippen LogP contribution in [-0.2, 0) is 9.59 Å². The number of nitrogens with one attached hydrogen (secondary N) is 1. The minimum atomic E-state index is -0.0988. The zero-order valence-corrected chi connectivity index (χ0v) is 15.2. The van der Waals surface area contributed by atoms with E-state index in [0.29, 0.717) is 13.2 Å². The van der Waals surface area contributed by atoms with Crippen LogP contribution in [-0.4, -0.2) is 42.5 Å². The van der Waals surface area contributed by atoms with E-state index >= 15 is 0 Å². The largest absolute Gasteiger partial charge is 0.491 e. The van der Waals surface area contributed by atoms with Crippen LogP contribution in [0.2, 0.25) is 0 Å². The van der Waals surface area contributed by atoms with Crippen molar-refractivity contribution >= 4 is 11.8 Å². The molecule has 1 N–H and O–H groups in total. The zero-order chi connectivity index (χ0) is 17.8. The maximum Gasteiger partial charge on any atom is 0.225 e. The van der Waals surface area contributed by atoms with Crippen molar-refractivity contribution in [2.45, 2.75) is 45.6 Å². The number of ether oxygens (including phenoxy) is 1. The van der Waals surface area contributed by atoms with E-state index in [1.54, 1.807) is 0 Å². The summed E-state index contributed by atoms with van der Waals surface area (Å²) in [6.07, 6.45) is 3.79. The highest BCUT2D eigenvalue weighted by Crippen LogP contribution is 2.32. The van der Waals surface area contributed by atoms with Gasteiger partial charge in [-0.05, 0) is 51.7 Å². The lowest BCUT2D eigenvalue weighted by molar-refractivity contribution is -0.137. The number of amides is 2. The van der Waals surface area contributed by atoms with Crippen LogP contribution >= 0.6 is 0 Å². The van der Waals surface area contributed by atoms with Crippen molar-refractivity contribution in [3.8, 4) is 5.75 Å². The second-order valence-electron chi connectivity index (χ2n) is 7.43. The zero-order valence-electron chi connectivity index (χ0n) is 15.2. The van der Waals surface area contributed by atoms with Gasteiger partial charge in [0.25, 0.3) is 0 Å². The van der Waals surface area contributed by atoms with E-state index < -0.39 is 0 Å². The van der Waals surface area contributed by atoms with Gasteiger partial charge < -0.3 is 15.0 Å². The number of carbonyl (C=O) groups excluding carboxylic acids is 2. The Morgan fingerprint density at radius 2 is 1.92 bits per heavy atom. The van der Waals surface area contributed by atoms with Gasteiger partial charge in [0.1, 0.15) is 12.4 Å². The first-order valence-electron chi connectivity index (χ1n) is 9.31. The maximum atomic E-state index is 12.5. The van der Waals surface area contributed by atoms with Gasteiger partial charge in [0.2, 0.25) is 11.8 Å². The Balaban J connectivity index is 1.44. The van der Waals surface area contributed by atoms with Crippen molar-refractivity contribution in [2.75, 3.05) is 19.7 Å². The molecule has 5 heteroatoms. The average Bonchev–Trinajstić information content (AvgIpc) is 3.46. The molecule has 0 bridgehead atoms. The number of hydrogen-bond acceptors (Lipinski definition) is 3. The molecule has 1 aromatic rings. The molecule has 1 saturated carbocycles. The Morgan fingerprint density at radius 3 is 2.60 bits per heavy atom. The molecule has 0 radical (unpaired) electrons. The molecule has 5 nitrogen and oxygen atoms in total. The van der Waals surface area contributed by atoms with E-state index in [4.69, 9.17) is 4.74 Å². The van der Waals surface area contributed by atoms with Crippen LogP contribution in [0.3, 0.4) is 0 Å². The van der Waals surface area contributed by atoms with Gasteiger partial charge in [-0.25, -0.2) is 0 Å². The van der Waals surface area contributed by atoms with Gasteiger partial charge >= 0.3 is 0 Å². The van der Waals surface area contributed by atoms with E-state index in [2.05, 4.69) is 5.32 Å².